The molecule has 0 bridgehead atoms. The Morgan fingerprint density at radius 2 is 2.17 bits per heavy atom. The molecule has 2 heterocycles. The van der Waals surface area contributed by atoms with Crippen LogP contribution in [-0.4, -0.2) is 67.5 Å². The minimum atomic E-state index is 0.0760. The Hall–Kier alpha value is -0.450. The molecule has 18 heavy (non-hydrogen) atoms. The van der Waals surface area contributed by atoms with Crippen LogP contribution in [0.2, 0.25) is 0 Å². The van der Waals surface area contributed by atoms with E-state index in [9.17, 15) is 0 Å². The average molecular weight is 253 g/mol. The van der Waals surface area contributed by atoms with Gasteiger partial charge in [0.15, 0.2) is 0 Å². The maximum absolute atomic E-state index is 8.10. The highest BCUT2D eigenvalue weighted by Crippen LogP contribution is 2.17. The second-order valence-electron chi connectivity index (χ2n) is 5.69. The van der Waals surface area contributed by atoms with E-state index in [-0.39, 0.29) is 6.10 Å². The summed E-state index contributed by atoms with van der Waals surface area (Å²) in [6, 6.07) is 0.575. The first-order valence-electron chi connectivity index (χ1n) is 7.32. The van der Waals surface area contributed by atoms with Crippen LogP contribution in [-0.2, 0) is 4.74 Å². The molecular formula is C14H27N3O. The highest BCUT2D eigenvalue weighted by molar-refractivity contribution is 5.88. The van der Waals surface area contributed by atoms with Crippen LogP contribution in [0.4, 0.5) is 0 Å². The third-order valence-corrected chi connectivity index (χ3v) is 4.19. The number of nitrogens with one attached hydrogen (secondary N) is 1. The number of nitrogens with zero attached hydrogens (tertiary/aromatic N) is 2. The first-order chi connectivity index (χ1) is 8.70. The van der Waals surface area contributed by atoms with Gasteiger partial charge in [-0.05, 0) is 45.8 Å². The third-order valence-electron chi connectivity index (χ3n) is 4.19. The number of piperidine rings is 1. The maximum atomic E-state index is 8.10. The summed E-state index contributed by atoms with van der Waals surface area (Å²) in [7, 11) is 2.18. The Kier molecular flexibility index (Phi) is 5.15. The number of likely N-dealkylation sites (tertiary alicyclic amines) is 2. The second-order valence-corrected chi connectivity index (χ2v) is 5.69. The lowest BCUT2D eigenvalue weighted by Crippen LogP contribution is -2.45. The van der Waals surface area contributed by atoms with E-state index in [2.05, 4.69) is 23.8 Å². The molecule has 4 heteroatoms. The van der Waals surface area contributed by atoms with Crippen molar-refractivity contribution in [2.45, 2.75) is 44.8 Å². The number of hydrogen-bond donors (Lipinski definition) is 1. The standard InChI is InChI=1S/C14H27N3O/c1-3-7-17-9-6-14(13(15)10-17)18-11-12-5-4-8-16(12)2/h12,14-15H,3-11H2,1-2H3. The zero-order chi connectivity index (χ0) is 13.0. The zero-order valence-corrected chi connectivity index (χ0v) is 11.8. The average Bonchev–Trinajstić information content (AvgIpc) is 2.74. The van der Waals surface area contributed by atoms with Gasteiger partial charge in [0.05, 0.1) is 18.4 Å². The molecule has 2 fully saturated rings. The summed E-state index contributed by atoms with van der Waals surface area (Å²) in [5.74, 6) is 0. The first kappa shape index (κ1) is 14.0. The van der Waals surface area contributed by atoms with Gasteiger partial charge in [0.1, 0.15) is 0 Å². The van der Waals surface area contributed by atoms with Crippen molar-refractivity contribution in [3.8, 4) is 0 Å². The van der Waals surface area contributed by atoms with Crippen LogP contribution in [0.25, 0.3) is 0 Å². The SMILES string of the molecule is CCCN1CCC(OCC2CCCN2C)C(=N)C1. The third kappa shape index (κ3) is 3.53. The second kappa shape index (κ2) is 6.64. The van der Waals surface area contributed by atoms with Crippen molar-refractivity contribution in [3.05, 3.63) is 0 Å². The van der Waals surface area contributed by atoms with Crippen molar-refractivity contribution in [1.29, 1.82) is 5.41 Å². The van der Waals surface area contributed by atoms with Crippen LogP contribution in [0.5, 0.6) is 0 Å². The molecule has 1 N–H and O–H groups in total. The van der Waals surface area contributed by atoms with Gasteiger partial charge in [0, 0.05) is 19.1 Å². The molecule has 0 spiro atoms. The number of likely N-dealkylation sites (N-methyl/N-ethyl adjacent to an activating group) is 1. The van der Waals surface area contributed by atoms with Crippen LogP contribution in [0.15, 0.2) is 0 Å². The molecule has 2 atom stereocenters. The molecule has 2 aliphatic rings. The van der Waals surface area contributed by atoms with Crippen molar-refractivity contribution in [3.63, 3.8) is 0 Å². The van der Waals surface area contributed by atoms with Gasteiger partial charge in [-0.3, -0.25) is 4.90 Å². The zero-order valence-electron chi connectivity index (χ0n) is 11.8. The van der Waals surface area contributed by atoms with Crippen LogP contribution in [0.1, 0.15) is 32.6 Å². The summed E-state index contributed by atoms with van der Waals surface area (Å²) in [6.07, 6.45) is 4.78. The first-order valence-corrected chi connectivity index (χ1v) is 7.32. The highest BCUT2D eigenvalue weighted by Gasteiger charge is 2.27. The van der Waals surface area contributed by atoms with Gasteiger partial charge in [-0.15, -0.1) is 0 Å². The minimum absolute atomic E-state index is 0.0760. The molecule has 0 radical (unpaired) electrons. The Morgan fingerprint density at radius 1 is 1.33 bits per heavy atom. The number of hydrogen-bond acceptors (Lipinski definition) is 4. The predicted molar refractivity (Wildman–Crippen MR) is 74.5 cm³/mol. The molecule has 2 unspecified atom stereocenters. The Balaban J connectivity index is 1.72. The van der Waals surface area contributed by atoms with E-state index in [1.165, 1.54) is 25.8 Å². The van der Waals surface area contributed by atoms with Crippen molar-refractivity contribution < 1.29 is 4.74 Å². The summed E-state index contributed by atoms with van der Waals surface area (Å²) in [4.78, 5) is 4.75. The molecule has 104 valence electrons. The summed E-state index contributed by atoms with van der Waals surface area (Å²) in [6.45, 7) is 7.20. The molecular weight excluding hydrogens is 226 g/mol. The fraction of sp³-hybridized carbons (Fsp3) is 0.929. The van der Waals surface area contributed by atoms with E-state index < -0.39 is 0 Å². The fourth-order valence-corrected chi connectivity index (χ4v) is 3.00. The summed E-state index contributed by atoms with van der Waals surface area (Å²) >= 11 is 0. The highest BCUT2D eigenvalue weighted by atomic mass is 16.5. The number of ether oxygens (including phenoxy) is 1. The van der Waals surface area contributed by atoms with E-state index in [1.807, 2.05) is 0 Å². The minimum Gasteiger partial charge on any atom is -0.371 e. The van der Waals surface area contributed by atoms with Crippen LogP contribution < -0.4 is 0 Å². The predicted octanol–water partition coefficient (Wildman–Crippen LogP) is 1.60. The van der Waals surface area contributed by atoms with Gasteiger partial charge in [-0.2, -0.15) is 0 Å². The largest absolute Gasteiger partial charge is 0.371 e. The lowest BCUT2D eigenvalue weighted by Gasteiger charge is -2.33. The van der Waals surface area contributed by atoms with Crippen molar-refractivity contribution in [1.82, 2.24) is 9.80 Å². The van der Waals surface area contributed by atoms with E-state index in [1.54, 1.807) is 0 Å². The Bertz CT molecular complexity index is 282. The number of rotatable bonds is 5. The van der Waals surface area contributed by atoms with Crippen molar-refractivity contribution in [2.24, 2.45) is 0 Å². The van der Waals surface area contributed by atoms with E-state index in [0.717, 1.165) is 38.4 Å². The molecule has 0 saturated carbocycles. The molecule has 0 aromatic rings. The molecule has 4 nitrogen and oxygen atoms in total. The van der Waals surface area contributed by atoms with E-state index >= 15 is 0 Å². The molecule has 0 aromatic carbocycles. The summed E-state index contributed by atoms with van der Waals surface area (Å²) in [5.41, 5.74) is 0.773. The lowest BCUT2D eigenvalue weighted by atomic mass is 10.1. The van der Waals surface area contributed by atoms with Crippen molar-refractivity contribution in [2.75, 3.05) is 39.8 Å². The van der Waals surface area contributed by atoms with Crippen molar-refractivity contribution >= 4 is 5.71 Å². The topological polar surface area (TPSA) is 39.6 Å². The van der Waals surface area contributed by atoms with E-state index in [0.29, 0.717) is 6.04 Å². The van der Waals surface area contributed by atoms with Crippen LogP contribution >= 0.6 is 0 Å². The van der Waals surface area contributed by atoms with Gasteiger partial charge in [0.2, 0.25) is 0 Å². The van der Waals surface area contributed by atoms with Crippen LogP contribution in [0, 0.1) is 5.41 Å². The van der Waals surface area contributed by atoms with Gasteiger partial charge in [-0.25, -0.2) is 0 Å². The molecule has 2 rings (SSSR count). The monoisotopic (exact) mass is 253 g/mol. The Morgan fingerprint density at radius 3 is 2.78 bits per heavy atom. The normalized spacial score (nSPS) is 31.1. The maximum Gasteiger partial charge on any atom is 0.0974 e. The summed E-state index contributed by atoms with van der Waals surface area (Å²) < 4.78 is 5.98. The van der Waals surface area contributed by atoms with Gasteiger partial charge >= 0.3 is 0 Å². The summed E-state index contributed by atoms with van der Waals surface area (Å²) in [5, 5.41) is 8.10. The smallest absolute Gasteiger partial charge is 0.0974 e. The molecule has 2 saturated heterocycles. The fourth-order valence-electron chi connectivity index (χ4n) is 3.00. The van der Waals surface area contributed by atoms with Crippen LogP contribution in [0.3, 0.4) is 0 Å². The van der Waals surface area contributed by atoms with Gasteiger partial charge < -0.3 is 15.0 Å². The molecule has 0 amide bonds. The molecule has 0 aliphatic carbocycles. The lowest BCUT2D eigenvalue weighted by molar-refractivity contribution is 0.0390. The van der Waals surface area contributed by atoms with E-state index in [4.69, 9.17) is 10.1 Å². The van der Waals surface area contributed by atoms with Gasteiger partial charge in [-0.1, -0.05) is 6.92 Å². The molecule has 2 aliphatic heterocycles. The van der Waals surface area contributed by atoms with Gasteiger partial charge in [0.25, 0.3) is 0 Å². The molecule has 0 aromatic heterocycles. The quantitative estimate of drug-likeness (QED) is 0.809. The Labute approximate surface area is 111 Å².